The molecular weight excluding hydrogens is 432 g/mol. The second-order valence-electron chi connectivity index (χ2n) is 10.2. The molecule has 2 saturated heterocycles. The Morgan fingerprint density at radius 3 is 2.56 bits per heavy atom. The zero-order chi connectivity index (χ0) is 24.2. The summed E-state index contributed by atoms with van der Waals surface area (Å²) in [5, 5.41) is 7.57. The zero-order valence-electron chi connectivity index (χ0n) is 20.7. The van der Waals surface area contributed by atoms with E-state index in [9.17, 15) is 9.59 Å². The monoisotopic (exact) mass is 466 g/mol. The lowest BCUT2D eigenvalue weighted by atomic mass is 9.71. The van der Waals surface area contributed by atoms with Crippen LogP contribution >= 0.6 is 0 Å². The summed E-state index contributed by atoms with van der Waals surface area (Å²) in [5.74, 6) is 1.45. The van der Waals surface area contributed by atoms with Gasteiger partial charge in [0.15, 0.2) is 0 Å². The summed E-state index contributed by atoms with van der Waals surface area (Å²) < 4.78 is 10.9. The van der Waals surface area contributed by atoms with Crippen LogP contribution in [0.5, 0.6) is 11.5 Å². The molecule has 3 fully saturated rings. The summed E-state index contributed by atoms with van der Waals surface area (Å²) in [6.07, 6.45) is 5.11. The first-order chi connectivity index (χ1) is 16.3. The minimum absolute atomic E-state index is 0.0251. The number of hydrogen-bond acceptors (Lipinski definition) is 5. The molecule has 2 bridgehead atoms. The number of piperidine rings is 1. The van der Waals surface area contributed by atoms with Gasteiger partial charge in [0.2, 0.25) is 5.91 Å². The number of aromatic nitrogens is 2. The molecule has 0 unspecified atom stereocenters. The molecular formula is C26H34N4O4. The minimum Gasteiger partial charge on any atom is -0.497 e. The third kappa shape index (κ3) is 3.29. The molecule has 0 spiro atoms. The number of likely N-dealkylation sites (tertiary alicyclic amines) is 2. The summed E-state index contributed by atoms with van der Waals surface area (Å²) in [7, 11) is 3.24. The van der Waals surface area contributed by atoms with Crippen LogP contribution in [0.15, 0.2) is 18.2 Å². The Kier molecular flexibility index (Phi) is 5.57. The average Bonchev–Trinajstić information content (AvgIpc) is 3.25. The molecule has 8 nitrogen and oxygen atoms in total. The van der Waals surface area contributed by atoms with Gasteiger partial charge in [-0.1, -0.05) is 19.8 Å². The van der Waals surface area contributed by atoms with Crippen molar-refractivity contribution in [2.24, 2.45) is 5.41 Å². The van der Waals surface area contributed by atoms with Crippen molar-refractivity contribution in [3.8, 4) is 22.8 Å². The van der Waals surface area contributed by atoms with E-state index in [4.69, 9.17) is 9.47 Å². The van der Waals surface area contributed by atoms with E-state index in [1.165, 1.54) is 0 Å². The predicted molar refractivity (Wildman–Crippen MR) is 128 cm³/mol. The first-order valence-electron chi connectivity index (χ1n) is 12.2. The molecule has 1 N–H and O–H groups in total. The molecule has 2 amide bonds. The molecule has 1 aromatic carbocycles. The van der Waals surface area contributed by atoms with Crippen LogP contribution in [0.3, 0.4) is 0 Å². The van der Waals surface area contributed by atoms with E-state index in [1.807, 2.05) is 30.0 Å². The molecule has 34 heavy (non-hydrogen) atoms. The Morgan fingerprint density at radius 2 is 1.88 bits per heavy atom. The Balaban J connectivity index is 1.53. The number of benzene rings is 1. The molecule has 1 aliphatic carbocycles. The van der Waals surface area contributed by atoms with Gasteiger partial charge in [-0.15, -0.1) is 0 Å². The summed E-state index contributed by atoms with van der Waals surface area (Å²) in [4.78, 5) is 30.7. The fourth-order valence-electron chi connectivity index (χ4n) is 6.82. The molecule has 3 heterocycles. The van der Waals surface area contributed by atoms with Crippen molar-refractivity contribution in [2.45, 2.75) is 71.0 Å². The van der Waals surface area contributed by atoms with Gasteiger partial charge in [0.05, 0.1) is 26.0 Å². The van der Waals surface area contributed by atoms with Gasteiger partial charge in [-0.2, -0.15) is 5.10 Å². The van der Waals surface area contributed by atoms with E-state index in [0.717, 1.165) is 43.2 Å². The quantitative estimate of drug-likeness (QED) is 0.741. The number of carbonyl (C=O) groups is 2. The number of nitrogens with one attached hydrogen (secondary N) is 1. The van der Waals surface area contributed by atoms with Crippen molar-refractivity contribution in [3.05, 3.63) is 29.5 Å². The number of methoxy groups -OCH3 is 2. The van der Waals surface area contributed by atoms with Gasteiger partial charge in [0.25, 0.3) is 5.91 Å². The molecule has 5 rings (SSSR count). The fourth-order valence-corrected chi connectivity index (χ4v) is 6.82. The molecule has 2 aromatic rings. The summed E-state index contributed by atoms with van der Waals surface area (Å²) >= 11 is 0. The van der Waals surface area contributed by atoms with Crippen molar-refractivity contribution in [2.75, 3.05) is 20.8 Å². The molecule has 182 valence electrons. The second-order valence-corrected chi connectivity index (χ2v) is 10.2. The number of ether oxygens (including phenoxy) is 2. The van der Waals surface area contributed by atoms with E-state index in [-0.39, 0.29) is 35.4 Å². The molecule has 1 saturated carbocycles. The Bertz CT molecular complexity index is 1130. The van der Waals surface area contributed by atoms with Gasteiger partial charge >= 0.3 is 0 Å². The highest BCUT2D eigenvalue weighted by Crippen LogP contribution is 2.53. The van der Waals surface area contributed by atoms with Crippen LogP contribution in [-0.2, 0) is 4.79 Å². The van der Waals surface area contributed by atoms with Crippen molar-refractivity contribution in [1.82, 2.24) is 20.0 Å². The number of amides is 2. The van der Waals surface area contributed by atoms with Crippen LogP contribution in [0.25, 0.3) is 11.3 Å². The third-order valence-electron chi connectivity index (χ3n) is 8.44. The molecule has 4 atom stereocenters. The maximum absolute atomic E-state index is 14.1. The normalized spacial score (nSPS) is 28.0. The number of rotatable bonds is 4. The zero-order valence-corrected chi connectivity index (χ0v) is 20.7. The summed E-state index contributed by atoms with van der Waals surface area (Å²) in [6.45, 7) is 6.48. The van der Waals surface area contributed by atoms with Gasteiger partial charge in [0.1, 0.15) is 17.2 Å². The molecule has 0 radical (unpaired) electrons. The topological polar surface area (TPSA) is 87.8 Å². The number of nitrogens with zero attached hydrogens (tertiary/aromatic N) is 3. The van der Waals surface area contributed by atoms with Gasteiger partial charge < -0.3 is 19.3 Å². The maximum atomic E-state index is 14.1. The van der Waals surface area contributed by atoms with Gasteiger partial charge in [-0.25, -0.2) is 0 Å². The van der Waals surface area contributed by atoms with E-state index < -0.39 is 0 Å². The van der Waals surface area contributed by atoms with Gasteiger partial charge in [0, 0.05) is 42.1 Å². The number of aromatic amines is 1. The summed E-state index contributed by atoms with van der Waals surface area (Å²) in [6, 6.07) is 5.91. The van der Waals surface area contributed by atoms with Crippen LogP contribution in [-0.4, -0.2) is 70.7 Å². The average molecular weight is 467 g/mol. The van der Waals surface area contributed by atoms with Crippen LogP contribution in [0.1, 0.15) is 62.0 Å². The Morgan fingerprint density at radius 1 is 1.15 bits per heavy atom. The van der Waals surface area contributed by atoms with Crippen molar-refractivity contribution < 1.29 is 19.1 Å². The van der Waals surface area contributed by atoms with Crippen LogP contribution < -0.4 is 9.47 Å². The number of fused-ring (bicyclic) bond motifs is 1. The molecule has 2 aliphatic heterocycles. The third-order valence-corrected chi connectivity index (χ3v) is 8.44. The first-order valence-corrected chi connectivity index (χ1v) is 12.2. The van der Waals surface area contributed by atoms with Crippen LogP contribution in [0.2, 0.25) is 0 Å². The highest BCUT2D eigenvalue weighted by atomic mass is 16.5. The minimum atomic E-state index is -0.0759. The fraction of sp³-hybridized carbons (Fsp3) is 0.577. The Labute approximate surface area is 200 Å². The molecule has 8 heteroatoms. The van der Waals surface area contributed by atoms with E-state index in [1.54, 1.807) is 21.1 Å². The van der Waals surface area contributed by atoms with E-state index in [2.05, 4.69) is 22.0 Å². The number of H-pyrrole nitrogens is 1. The van der Waals surface area contributed by atoms with Gasteiger partial charge in [-0.05, 0) is 44.4 Å². The number of hydrogen-bond donors (Lipinski definition) is 1. The van der Waals surface area contributed by atoms with Crippen molar-refractivity contribution >= 4 is 11.8 Å². The second kappa shape index (κ2) is 8.32. The van der Waals surface area contributed by atoms with Gasteiger partial charge in [-0.3, -0.25) is 14.7 Å². The standard InChI is InChI=1S/C26H34N4O4/c1-15-23(19-12-18(33-4)10-11-20(19)34-5)27-28-24(15)25(32)30-17-13-26(3)21(29(14-17)16(2)31)8-6-7-9-22(26)30/h10-12,17,21-22H,6-9,13-14H2,1-5H3,(H,27,28)/t17-,21+,22-,26+/m0/s1. The lowest BCUT2D eigenvalue weighted by molar-refractivity contribution is -0.136. The van der Waals surface area contributed by atoms with Crippen LogP contribution in [0.4, 0.5) is 0 Å². The van der Waals surface area contributed by atoms with Crippen molar-refractivity contribution in [1.29, 1.82) is 0 Å². The van der Waals surface area contributed by atoms with Crippen LogP contribution in [0, 0.1) is 12.3 Å². The maximum Gasteiger partial charge on any atom is 0.272 e. The lowest BCUT2D eigenvalue weighted by Gasteiger charge is -2.46. The lowest BCUT2D eigenvalue weighted by Crippen LogP contribution is -2.55. The largest absolute Gasteiger partial charge is 0.497 e. The first kappa shape index (κ1) is 22.7. The highest BCUT2D eigenvalue weighted by Gasteiger charge is 2.60. The Hall–Kier alpha value is -3.03. The summed E-state index contributed by atoms with van der Waals surface area (Å²) in [5.41, 5.74) is 2.67. The van der Waals surface area contributed by atoms with Crippen molar-refractivity contribution in [3.63, 3.8) is 0 Å². The SMILES string of the molecule is COc1ccc(OC)c(-c2n[nH]c(C(=O)N3[C@@H]4CN(C(C)=O)[C@@H]5CCCC[C@H]3[C@]5(C)C4)c2C)c1. The smallest absolute Gasteiger partial charge is 0.272 e. The van der Waals surface area contributed by atoms with E-state index in [0.29, 0.717) is 29.4 Å². The highest BCUT2D eigenvalue weighted by molar-refractivity contribution is 5.96. The predicted octanol–water partition coefficient (Wildman–Crippen LogP) is 3.80. The molecule has 1 aromatic heterocycles. The van der Waals surface area contributed by atoms with E-state index >= 15 is 0 Å². The number of carbonyl (C=O) groups excluding carboxylic acids is 2. The molecule has 3 aliphatic rings.